The zero-order chi connectivity index (χ0) is 15.6. The van der Waals surface area contributed by atoms with Crippen molar-refractivity contribution >= 4 is 15.9 Å². The van der Waals surface area contributed by atoms with E-state index in [1.54, 1.807) is 18.2 Å². The van der Waals surface area contributed by atoms with Gasteiger partial charge in [0, 0.05) is 37.8 Å². The second-order valence-electron chi connectivity index (χ2n) is 5.11. The van der Waals surface area contributed by atoms with Gasteiger partial charge in [0.15, 0.2) is 0 Å². The smallest absolute Gasteiger partial charge is 0.258 e. The van der Waals surface area contributed by atoms with Crippen molar-refractivity contribution in [3.63, 3.8) is 0 Å². The van der Waals surface area contributed by atoms with Gasteiger partial charge in [-0.25, -0.2) is 0 Å². The standard InChI is InChI=1S/C13H19N3O4S/c1-3-12-8-9-14(2)21(19,20)15(12)10-11-6-4-5-7-13(11)16(17)18/h4-7,12H,3,8-10H2,1-2H3. The van der Waals surface area contributed by atoms with E-state index < -0.39 is 15.1 Å². The van der Waals surface area contributed by atoms with Crippen LogP contribution in [-0.2, 0) is 16.8 Å². The molecule has 1 unspecified atom stereocenters. The number of benzene rings is 1. The predicted molar refractivity (Wildman–Crippen MR) is 78.9 cm³/mol. The van der Waals surface area contributed by atoms with Crippen LogP contribution in [0, 0.1) is 10.1 Å². The molecule has 0 aromatic heterocycles. The zero-order valence-corrected chi connectivity index (χ0v) is 12.9. The Balaban J connectivity index is 2.38. The van der Waals surface area contributed by atoms with Crippen LogP contribution >= 0.6 is 0 Å². The third kappa shape index (κ3) is 3.07. The number of rotatable bonds is 4. The SMILES string of the molecule is CCC1CCN(C)S(=O)(=O)N1Cc1ccccc1[N+](=O)[O-]. The van der Waals surface area contributed by atoms with Crippen LogP contribution in [0.2, 0.25) is 0 Å². The van der Waals surface area contributed by atoms with Crippen LogP contribution in [0.3, 0.4) is 0 Å². The van der Waals surface area contributed by atoms with E-state index in [9.17, 15) is 18.5 Å². The molecule has 1 aliphatic heterocycles. The molecule has 116 valence electrons. The van der Waals surface area contributed by atoms with Gasteiger partial charge in [-0.1, -0.05) is 25.1 Å². The summed E-state index contributed by atoms with van der Waals surface area (Å²) >= 11 is 0. The van der Waals surface area contributed by atoms with Gasteiger partial charge in [0.25, 0.3) is 15.9 Å². The number of nitro groups is 1. The fraction of sp³-hybridized carbons (Fsp3) is 0.538. The third-order valence-corrected chi connectivity index (χ3v) is 5.85. The number of nitro benzene ring substituents is 1. The minimum Gasteiger partial charge on any atom is -0.258 e. The lowest BCUT2D eigenvalue weighted by molar-refractivity contribution is -0.385. The van der Waals surface area contributed by atoms with Gasteiger partial charge < -0.3 is 0 Å². The molecular weight excluding hydrogens is 294 g/mol. The number of hydrogen-bond acceptors (Lipinski definition) is 4. The Labute approximate surface area is 124 Å². The Morgan fingerprint density at radius 3 is 2.67 bits per heavy atom. The fourth-order valence-electron chi connectivity index (χ4n) is 2.57. The molecule has 0 radical (unpaired) electrons. The van der Waals surface area contributed by atoms with E-state index in [2.05, 4.69) is 0 Å². The summed E-state index contributed by atoms with van der Waals surface area (Å²) in [6.07, 6.45) is 1.42. The van der Waals surface area contributed by atoms with Crippen molar-refractivity contribution in [2.75, 3.05) is 13.6 Å². The van der Waals surface area contributed by atoms with E-state index in [1.165, 1.54) is 21.7 Å². The Kier molecular flexibility index (Phi) is 4.60. The Hall–Kier alpha value is -1.51. The monoisotopic (exact) mass is 313 g/mol. The van der Waals surface area contributed by atoms with Crippen molar-refractivity contribution in [2.45, 2.75) is 32.4 Å². The van der Waals surface area contributed by atoms with Gasteiger partial charge in [-0.2, -0.15) is 17.0 Å². The van der Waals surface area contributed by atoms with Crippen molar-refractivity contribution in [1.29, 1.82) is 0 Å². The maximum Gasteiger partial charge on any atom is 0.282 e. The van der Waals surface area contributed by atoms with E-state index in [-0.39, 0.29) is 18.3 Å². The van der Waals surface area contributed by atoms with Crippen LogP contribution in [-0.4, -0.2) is 41.6 Å². The lowest BCUT2D eigenvalue weighted by Gasteiger charge is -2.38. The van der Waals surface area contributed by atoms with Crippen LogP contribution in [0.25, 0.3) is 0 Å². The summed E-state index contributed by atoms with van der Waals surface area (Å²) in [5, 5.41) is 11.1. The van der Waals surface area contributed by atoms with Crippen LogP contribution in [0.15, 0.2) is 24.3 Å². The summed E-state index contributed by atoms with van der Waals surface area (Å²) in [6, 6.07) is 6.15. The molecule has 0 bridgehead atoms. The Morgan fingerprint density at radius 2 is 2.05 bits per heavy atom. The van der Waals surface area contributed by atoms with E-state index in [4.69, 9.17) is 0 Å². The van der Waals surface area contributed by atoms with E-state index >= 15 is 0 Å². The highest BCUT2D eigenvalue weighted by molar-refractivity contribution is 7.86. The summed E-state index contributed by atoms with van der Waals surface area (Å²) in [5.41, 5.74) is 0.371. The topological polar surface area (TPSA) is 83.8 Å². The first-order valence-electron chi connectivity index (χ1n) is 6.83. The van der Waals surface area contributed by atoms with Gasteiger partial charge in [-0.15, -0.1) is 0 Å². The van der Waals surface area contributed by atoms with E-state index in [0.29, 0.717) is 18.5 Å². The molecule has 1 atom stereocenters. The van der Waals surface area contributed by atoms with Crippen LogP contribution in [0.1, 0.15) is 25.3 Å². The average Bonchev–Trinajstić information content (AvgIpc) is 2.45. The highest BCUT2D eigenvalue weighted by Crippen LogP contribution is 2.28. The highest BCUT2D eigenvalue weighted by Gasteiger charge is 2.37. The van der Waals surface area contributed by atoms with Gasteiger partial charge >= 0.3 is 0 Å². The van der Waals surface area contributed by atoms with Crippen molar-refractivity contribution in [2.24, 2.45) is 0 Å². The lowest BCUT2D eigenvalue weighted by Crippen LogP contribution is -2.52. The van der Waals surface area contributed by atoms with Gasteiger partial charge in [0.2, 0.25) is 0 Å². The Morgan fingerprint density at radius 1 is 1.38 bits per heavy atom. The average molecular weight is 313 g/mol. The summed E-state index contributed by atoms with van der Waals surface area (Å²) in [4.78, 5) is 10.6. The molecule has 0 amide bonds. The van der Waals surface area contributed by atoms with Gasteiger partial charge in [0.1, 0.15) is 0 Å². The maximum atomic E-state index is 12.4. The molecule has 1 aromatic carbocycles. The first kappa shape index (κ1) is 15.9. The first-order chi connectivity index (χ1) is 9.87. The Bertz CT molecular complexity index is 632. The van der Waals surface area contributed by atoms with Crippen molar-refractivity contribution in [1.82, 2.24) is 8.61 Å². The van der Waals surface area contributed by atoms with Gasteiger partial charge in [-0.3, -0.25) is 10.1 Å². The molecule has 1 heterocycles. The predicted octanol–water partition coefficient (Wildman–Crippen LogP) is 1.76. The van der Waals surface area contributed by atoms with Crippen molar-refractivity contribution in [3.05, 3.63) is 39.9 Å². The summed E-state index contributed by atoms with van der Waals surface area (Å²) < 4.78 is 27.6. The molecule has 7 nitrogen and oxygen atoms in total. The molecule has 2 rings (SSSR count). The molecule has 1 fully saturated rings. The first-order valence-corrected chi connectivity index (χ1v) is 8.23. The zero-order valence-electron chi connectivity index (χ0n) is 12.1. The van der Waals surface area contributed by atoms with Gasteiger partial charge in [0.05, 0.1) is 4.92 Å². The molecule has 1 saturated heterocycles. The van der Waals surface area contributed by atoms with Crippen LogP contribution in [0.5, 0.6) is 0 Å². The van der Waals surface area contributed by atoms with Crippen molar-refractivity contribution < 1.29 is 13.3 Å². The van der Waals surface area contributed by atoms with Crippen molar-refractivity contribution in [3.8, 4) is 0 Å². The van der Waals surface area contributed by atoms with Crippen LogP contribution < -0.4 is 0 Å². The fourth-order valence-corrected chi connectivity index (χ4v) is 4.19. The third-order valence-electron chi connectivity index (χ3n) is 3.86. The quantitative estimate of drug-likeness (QED) is 0.626. The van der Waals surface area contributed by atoms with E-state index in [0.717, 1.165) is 6.42 Å². The lowest BCUT2D eigenvalue weighted by atomic mass is 10.1. The maximum absolute atomic E-state index is 12.4. The normalized spacial score (nSPS) is 23.0. The molecule has 0 spiro atoms. The van der Waals surface area contributed by atoms with E-state index in [1.807, 2.05) is 6.92 Å². The summed E-state index contributed by atoms with van der Waals surface area (Å²) in [6.45, 7) is 2.44. The number of nitrogens with zero attached hydrogens (tertiary/aromatic N) is 3. The molecule has 0 aliphatic carbocycles. The largest absolute Gasteiger partial charge is 0.282 e. The molecule has 8 heteroatoms. The molecule has 21 heavy (non-hydrogen) atoms. The van der Waals surface area contributed by atoms with Gasteiger partial charge in [-0.05, 0) is 12.8 Å². The summed E-state index contributed by atoms with van der Waals surface area (Å²) in [5.74, 6) is 0. The molecule has 1 aromatic rings. The van der Waals surface area contributed by atoms with Crippen LogP contribution in [0.4, 0.5) is 5.69 Å². The molecule has 0 saturated carbocycles. The highest BCUT2D eigenvalue weighted by atomic mass is 32.2. The minimum atomic E-state index is -3.56. The molecular formula is C13H19N3O4S. The molecule has 1 aliphatic rings. The second kappa shape index (κ2) is 6.08. The minimum absolute atomic E-state index is 0.0301. The second-order valence-corrected chi connectivity index (χ2v) is 7.10. The number of para-hydroxylation sites is 1. The summed E-state index contributed by atoms with van der Waals surface area (Å²) in [7, 11) is -2.02. The molecule has 0 N–H and O–H groups in total. The number of hydrogen-bond donors (Lipinski definition) is 0.